The maximum absolute atomic E-state index is 14.3. The highest BCUT2D eigenvalue weighted by Gasteiger charge is 2.36. The third-order valence-electron chi connectivity index (χ3n) is 10.5. The molecule has 1 amide bonds. The molecule has 0 bridgehead atoms. The lowest BCUT2D eigenvalue weighted by molar-refractivity contribution is -0.123. The first kappa shape index (κ1) is 31.8. The number of hydrogen-bond acceptors (Lipinski definition) is 6. The summed E-state index contributed by atoms with van der Waals surface area (Å²) in [6.07, 6.45) is 14.6. The Bertz CT molecular complexity index is 1600. The van der Waals surface area contributed by atoms with Gasteiger partial charge in [0.25, 0.3) is 0 Å². The van der Waals surface area contributed by atoms with E-state index in [1.165, 1.54) is 30.2 Å². The molecule has 2 aromatic carbocycles. The molecule has 1 atom stereocenters. The lowest BCUT2D eigenvalue weighted by Gasteiger charge is -2.37. The van der Waals surface area contributed by atoms with Gasteiger partial charge in [-0.25, -0.2) is 8.42 Å². The number of anilines is 1. The summed E-state index contributed by atoms with van der Waals surface area (Å²) in [4.78, 5) is 16.4. The molecule has 2 N–H and O–H groups in total. The third kappa shape index (κ3) is 7.30. The van der Waals surface area contributed by atoms with Gasteiger partial charge >= 0.3 is 0 Å². The zero-order valence-corrected chi connectivity index (χ0v) is 27.7. The predicted octanol–water partition coefficient (Wildman–Crippen LogP) is 6.64. The second kappa shape index (κ2) is 13.3. The van der Waals surface area contributed by atoms with Crippen LogP contribution in [0.3, 0.4) is 0 Å². The molecule has 45 heavy (non-hydrogen) atoms. The van der Waals surface area contributed by atoms with Gasteiger partial charge in [0.2, 0.25) is 5.91 Å². The molecule has 0 spiro atoms. The zero-order chi connectivity index (χ0) is 31.7. The molecule has 3 aliphatic carbocycles. The van der Waals surface area contributed by atoms with Crippen LogP contribution in [-0.4, -0.2) is 49.4 Å². The van der Waals surface area contributed by atoms with Crippen molar-refractivity contribution in [3.63, 3.8) is 0 Å². The Hall–Kier alpha value is -3.17. The number of nitrogens with zero attached hydrogens (tertiary/aromatic N) is 3. The van der Waals surface area contributed by atoms with E-state index in [2.05, 4.69) is 59.3 Å². The molecule has 3 aromatic rings. The topological polar surface area (TPSA) is 108 Å². The molecule has 8 nitrogen and oxygen atoms in total. The third-order valence-corrected chi connectivity index (χ3v) is 11.9. The quantitative estimate of drug-likeness (QED) is 0.268. The van der Waals surface area contributed by atoms with Gasteiger partial charge in [-0.1, -0.05) is 24.3 Å². The SMILES string of the molecule is COc1ccc([C@H]2CC[C@H](CN(c3cccc(-c4cnn(C5CC5)c4)c3)C(=O)[C@H]3CC[C@H](C(N)S(C)(=O)=O)CC3)CC2)cc1C. The predicted molar refractivity (Wildman–Crippen MR) is 179 cm³/mol. The molecule has 3 aliphatic rings. The Morgan fingerprint density at radius 3 is 2.38 bits per heavy atom. The summed E-state index contributed by atoms with van der Waals surface area (Å²) in [6.45, 7) is 2.80. The van der Waals surface area contributed by atoms with E-state index in [9.17, 15) is 13.2 Å². The summed E-state index contributed by atoms with van der Waals surface area (Å²) in [5, 5.41) is 3.73. The van der Waals surface area contributed by atoms with Gasteiger partial charge in [-0.3, -0.25) is 9.48 Å². The number of methoxy groups -OCH3 is 1. The van der Waals surface area contributed by atoms with Gasteiger partial charge in [-0.05, 0) is 124 Å². The summed E-state index contributed by atoms with van der Waals surface area (Å²) < 4.78 is 31.7. The first-order chi connectivity index (χ1) is 21.6. The number of nitrogens with two attached hydrogens (primary N) is 1. The highest BCUT2D eigenvalue weighted by molar-refractivity contribution is 7.91. The van der Waals surface area contributed by atoms with Crippen molar-refractivity contribution in [3.05, 3.63) is 66.0 Å². The number of amides is 1. The number of aryl methyl sites for hydroxylation is 1. The maximum Gasteiger partial charge on any atom is 0.230 e. The van der Waals surface area contributed by atoms with Crippen molar-refractivity contribution in [2.24, 2.45) is 23.5 Å². The number of rotatable bonds is 10. The van der Waals surface area contributed by atoms with Gasteiger partial charge in [-0.15, -0.1) is 0 Å². The van der Waals surface area contributed by atoms with E-state index >= 15 is 0 Å². The van der Waals surface area contributed by atoms with Crippen LogP contribution in [-0.2, 0) is 14.6 Å². The lowest BCUT2D eigenvalue weighted by Crippen LogP contribution is -2.44. The zero-order valence-electron chi connectivity index (χ0n) is 26.9. The number of carbonyl (C=O) groups excluding carboxylic acids is 1. The number of carbonyl (C=O) groups is 1. The van der Waals surface area contributed by atoms with Crippen molar-refractivity contribution < 1.29 is 17.9 Å². The molecule has 6 rings (SSSR count). The average Bonchev–Trinajstić information content (AvgIpc) is 3.78. The van der Waals surface area contributed by atoms with Gasteiger partial charge in [0, 0.05) is 36.2 Å². The number of hydrogen-bond donors (Lipinski definition) is 1. The molecular formula is C36H48N4O4S. The normalized spacial score (nSPS) is 24.6. The van der Waals surface area contributed by atoms with E-state index in [4.69, 9.17) is 10.5 Å². The summed E-state index contributed by atoms with van der Waals surface area (Å²) in [5.74, 6) is 1.79. The van der Waals surface area contributed by atoms with Crippen LogP contribution in [0.15, 0.2) is 54.9 Å². The number of ether oxygens (including phenoxy) is 1. The number of aromatic nitrogens is 2. The molecule has 3 saturated carbocycles. The van der Waals surface area contributed by atoms with Crippen molar-refractivity contribution in [2.75, 3.05) is 24.8 Å². The van der Waals surface area contributed by atoms with Crippen molar-refractivity contribution in [1.29, 1.82) is 0 Å². The fourth-order valence-corrected chi connectivity index (χ4v) is 8.53. The molecule has 1 heterocycles. The summed E-state index contributed by atoms with van der Waals surface area (Å²) in [7, 11) is -1.60. The van der Waals surface area contributed by atoms with E-state index in [1.807, 2.05) is 17.2 Å². The van der Waals surface area contributed by atoms with Crippen LogP contribution in [0.2, 0.25) is 0 Å². The molecular weight excluding hydrogens is 584 g/mol. The van der Waals surface area contributed by atoms with Crippen molar-refractivity contribution in [2.45, 2.75) is 88.5 Å². The van der Waals surface area contributed by atoms with Crippen LogP contribution in [0.5, 0.6) is 5.75 Å². The second-order valence-electron chi connectivity index (χ2n) is 13.8. The molecule has 1 aromatic heterocycles. The Morgan fingerprint density at radius 2 is 1.73 bits per heavy atom. The van der Waals surface area contributed by atoms with Crippen LogP contribution in [0.1, 0.15) is 87.3 Å². The van der Waals surface area contributed by atoms with Crippen molar-refractivity contribution >= 4 is 21.4 Å². The van der Waals surface area contributed by atoms with Gasteiger partial charge in [-0.2, -0.15) is 5.10 Å². The summed E-state index contributed by atoms with van der Waals surface area (Å²) in [6, 6.07) is 15.4. The van der Waals surface area contributed by atoms with Gasteiger partial charge in [0.15, 0.2) is 9.84 Å². The largest absolute Gasteiger partial charge is 0.496 e. The van der Waals surface area contributed by atoms with Crippen LogP contribution in [0, 0.1) is 24.7 Å². The minimum atomic E-state index is -3.31. The second-order valence-corrected chi connectivity index (χ2v) is 16.0. The minimum absolute atomic E-state index is 0.0966. The highest BCUT2D eigenvalue weighted by atomic mass is 32.2. The molecule has 242 valence electrons. The van der Waals surface area contributed by atoms with Gasteiger partial charge in [0.1, 0.15) is 11.1 Å². The highest BCUT2D eigenvalue weighted by Crippen LogP contribution is 2.40. The van der Waals surface area contributed by atoms with Crippen LogP contribution in [0.25, 0.3) is 11.1 Å². The molecule has 0 aliphatic heterocycles. The first-order valence-electron chi connectivity index (χ1n) is 16.7. The van der Waals surface area contributed by atoms with E-state index < -0.39 is 15.2 Å². The van der Waals surface area contributed by atoms with Crippen LogP contribution < -0.4 is 15.4 Å². The van der Waals surface area contributed by atoms with Gasteiger partial charge in [0.05, 0.1) is 19.3 Å². The molecule has 9 heteroatoms. The smallest absolute Gasteiger partial charge is 0.230 e. The van der Waals surface area contributed by atoms with E-state index in [-0.39, 0.29) is 17.7 Å². The molecule has 3 fully saturated rings. The van der Waals surface area contributed by atoms with Crippen LogP contribution in [0.4, 0.5) is 5.69 Å². The standard InChI is InChI=1S/C36H48N4O4S/c1-24-19-30(15-18-34(24)44-2)26-9-7-25(8-10-26)22-39(36(41)28-13-11-27(12-14-28)35(37)45(3,42)43)33-6-4-5-29(20-33)31-21-38-40(23-31)32-16-17-32/h4-6,15,18-21,23,25-28,32,35H,7-14,16-17,22,37H2,1-3H3/t25-,26-,27-,28-,35?. The minimum Gasteiger partial charge on any atom is -0.496 e. The van der Waals surface area contributed by atoms with E-state index in [0.29, 0.717) is 50.1 Å². The number of benzene rings is 2. The van der Waals surface area contributed by atoms with Crippen molar-refractivity contribution in [1.82, 2.24) is 9.78 Å². The Kier molecular flexibility index (Phi) is 9.39. The van der Waals surface area contributed by atoms with E-state index in [1.54, 1.807) is 7.11 Å². The van der Waals surface area contributed by atoms with Crippen LogP contribution >= 0.6 is 0 Å². The monoisotopic (exact) mass is 632 g/mol. The summed E-state index contributed by atoms with van der Waals surface area (Å²) in [5.41, 5.74) is 11.7. The Labute approximate surface area is 268 Å². The summed E-state index contributed by atoms with van der Waals surface area (Å²) >= 11 is 0. The first-order valence-corrected chi connectivity index (χ1v) is 18.6. The Balaban J connectivity index is 1.19. The van der Waals surface area contributed by atoms with Gasteiger partial charge < -0.3 is 15.4 Å². The Morgan fingerprint density at radius 1 is 1.00 bits per heavy atom. The fourth-order valence-electron chi connectivity index (χ4n) is 7.56. The molecule has 0 saturated heterocycles. The molecule has 0 radical (unpaired) electrons. The molecule has 1 unspecified atom stereocenters. The average molecular weight is 633 g/mol. The maximum atomic E-state index is 14.3. The van der Waals surface area contributed by atoms with E-state index in [0.717, 1.165) is 48.2 Å². The van der Waals surface area contributed by atoms with Crippen molar-refractivity contribution in [3.8, 4) is 16.9 Å². The lowest BCUT2D eigenvalue weighted by atomic mass is 9.77. The number of sulfone groups is 1. The fraction of sp³-hybridized carbons (Fsp3) is 0.556.